The van der Waals surface area contributed by atoms with E-state index in [2.05, 4.69) is 10.0 Å². The van der Waals surface area contributed by atoms with Gasteiger partial charge in [0.1, 0.15) is 6.04 Å². The van der Waals surface area contributed by atoms with Gasteiger partial charge in [-0.25, -0.2) is 25.3 Å². The summed E-state index contributed by atoms with van der Waals surface area (Å²) in [5.74, 6) is -0.785. The summed E-state index contributed by atoms with van der Waals surface area (Å²) in [7, 11) is -12.2. The normalized spacial score (nSPS) is 16.7. The van der Waals surface area contributed by atoms with Crippen LogP contribution in [0.5, 0.6) is 0 Å². The van der Waals surface area contributed by atoms with Gasteiger partial charge < -0.3 is 5.32 Å². The molecule has 5 rings (SSSR count). The van der Waals surface area contributed by atoms with Crippen molar-refractivity contribution in [3.05, 3.63) is 114 Å². The summed E-state index contributed by atoms with van der Waals surface area (Å²) >= 11 is 5.86. The number of carbonyl (C=O) groups excluding carboxylic acids is 1. The quantitative estimate of drug-likeness (QED) is 0.274. The van der Waals surface area contributed by atoms with Crippen LogP contribution in [-0.2, 0) is 34.9 Å². The lowest BCUT2D eigenvalue weighted by Crippen LogP contribution is -2.60. The smallest absolute Gasteiger partial charge is 0.261 e. The lowest BCUT2D eigenvalue weighted by atomic mass is 10.2. The zero-order valence-electron chi connectivity index (χ0n) is 22.9. The Morgan fingerprint density at radius 3 is 1.73 bits per heavy atom. The van der Waals surface area contributed by atoms with Crippen molar-refractivity contribution in [2.45, 2.75) is 20.7 Å². The van der Waals surface area contributed by atoms with Crippen molar-refractivity contribution >= 4 is 59.0 Å². The van der Waals surface area contributed by atoms with Crippen LogP contribution in [0.1, 0.15) is 0 Å². The van der Waals surface area contributed by atoms with Crippen LogP contribution in [0.25, 0.3) is 0 Å². The molecule has 0 bridgehead atoms. The number of nitrogens with zero attached hydrogens (tertiary/aromatic N) is 2. The van der Waals surface area contributed by atoms with Crippen LogP contribution in [0, 0.1) is 0 Å². The molecule has 4 aromatic carbocycles. The van der Waals surface area contributed by atoms with Crippen molar-refractivity contribution in [2.75, 3.05) is 29.7 Å². The van der Waals surface area contributed by atoms with E-state index in [1.54, 1.807) is 36.4 Å². The van der Waals surface area contributed by atoms with Crippen LogP contribution < -0.4 is 10.0 Å². The molecular weight excluding hydrogens is 648 g/mol. The Morgan fingerprint density at radius 1 is 0.636 bits per heavy atom. The Balaban J connectivity index is 1.40. The molecule has 2 N–H and O–H groups in total. The van der Waals surface area contributed by atoms with Gasteiger partial charge in [0.15, 0.2) is 0 Å². The zero-order valence-corrected chi connectivity index (χ0v) is 26.2. The minimum atomic E-state index is -4.19. The first kappa shape index (κ1) is 31.6. The van der Waals surface area contributed by atoms with E-state index < -0.39 is 48.6 Å². The van der Waals surface area contributed by atoms with Gasteiger partial charge in [-0.2, -0.15) is 8.61 Å². The van der Waals surface area contributed by atoms with E-state index in [1.165, 1.54) is 72.8 Å². The molecule has 4 aromatic rings. The minimum absolute atomic E-state index is 0.0162. The first-order valence-corrected chi connectivity index (χ1v) is 17.9. The Labute approximate surface area is 261 Å². The summed E-state index contributed by atoms with van der Waals surface area (Å²) in [5.41, 5.74) is 0.486. The predicted octanol–water partition coefficient (Wildman–Crippen LogP) is 3.84. The number of carbonyl (C=O) groups is 1. The van der Waals surface area contributed by atoms with Crippen LogP contribution >= 0.6 is 11.6 Å². The second-order valence-electron chi connectivity index (χ2n) is 9.75. The molecule has 0 aromatic heterocycles. The van der Waals surface area contributed by atoms with Crippen LogP contribution in [-0.4, -0.2) is 65.4 Å². The molecule has 0 spiro atoms. The van der Waals surface area contributed by atoms with Gasteiger partial charge in [-0.15, -0.1) is 0 Å². The molecule has 0 aliphatic carbocycles. The fourth-order valence-electron chi connectivity index (χ4n) is 4.61. The third-order valence-electron chi connectivity index (χ3n) is 6.86. The van der Waals surface area contributed by atoms with E-state index in [0.29, 0.717) is 10.7 Å². The molecular formula is C29H27ClN4O7S3. The van der Waals surface area contributed by atoms with Crippen molar-refractivity contribution in [3.8, 4) is 0 Å². The average Bonchev–Trinajstić information content (AvgIpc) is 3.03. The number of halogens is 1. The summed E-state index contributed by atoms with van der Waals surface area (Å²) in [4.78, 5) is 13.5. The van der Waals surface area contributed by atoms with Crippen LogP contribution in [0.15, 0.2) is 124 Å². The molecule has 1 aliphatic rings. The van der Waals surface area contributed by atoms with Gasteiger partial charge in [0.05, 0.1) is 14.7 Å². The number of hydrogen-bond donors (Lipinski definition) is 2. The third kappa shape index (κ3) is 6.80. The van der Waals surface area contributed by atoms with Crippen molar-refractivity contribution in [1.29, 1.82) is 0 Å². The van der Waals surface area contributed by atoms with Crippen molar-refractivity contribution in [2.24, 2.45) is 0 Å². The molecule has 1 aliphatic heterocycles. The molecule has 1 fully saturated rings. The fourth-order valence-corrected chi connectivity index (χ4v) is 8.84. The van der Waals surface area contributed by atoms with Gasteiger partial charge in [0, 0.05) is 36.0 Å². The van der Waals surface area contributed by atoms with Crippen molar-refractivity contribution < 1.29 is 30.0 Å². The summed E-state index contributed by atoms with van der Waals surface area (Å²) < 4.78 is 84.1. The predicted molar refractivity (Wildman–Crippen MR) is 167 cm³/mol. The van der Waals surface area contributed by atoms with E-state index in [0.717, 1.165) is 8.61 Å². The van der Waals surface area contributed by atoms with Gasteiger partial charge in [-0.1, -0.05) is 48.0 Å². The number of hydrogen-bond acceptors (Lipinski definition) is 7. The average molecular weight is 675 g/mol. The highest BCUT2D eigenvalue weighted by atomic mass is 35.5. The van der Waals surface area contributed by atoms with Gasteiger partial charge in [-0.05, 0) is 72.8 Å². The van der Waals surface area contributed by atoms with Crippen LogP contribution in [0.4, 0.5) is 11.4 Å². The monoisotopic (exact) mass is 674 g/mol. The SMILES string of the molecule is O=C(Nc1ccc(S(=O)(=O)Nc2ccc(Cl)cc2)cc1)[C@H]1CN(S(=O)(=O)c2ccccc2)CCN1S(=O)(=O)c1ccccc1. The largest absolute Gasteiger partial charge is 0.325 e. The highest BCUT2D eigenvalue weighted by Crippen LogP contribution is 2.27. The van der Waals surface area contributed by atoms with Crippen LogP contribution in [0.3, 0.4) is 0 Å². The Bertz CT molecular complexity index is 1960. The first-order valence-electron chi connectivity index (χ1n) is 13.2. The first-order chi connectivity index (χ1) is 20.9. The van der Waals surface area contributed by atoms with E-state index in [-0.39, 0.29) is 33.5 Å². The molecule has 1 heterocycles. The molecule has 0 saturated carbocycles. The number of rotatable bonds is 9. The van der Waals surface area contributed by atoms with E-state index in [9.17, 15) is 30.0 Å². The summed E-state index contributed by atoms with van der Waals surface area (Å²) in [6, 6.07) is 25.1. The third-order valence-corrected chi connectivity index (χ3v) is 12.3. The molecule has 1 atom stereocenters. The maximum atomic E-state index is 13.6. The number of nitrogens with one attached hydrogen (secondary N) is 2. The number of anilines is 2. The Kier molecular flexibility index (Phi) is 9.11. The van der Waals surface area contributed by atoms with E-state index in [1.807, 2.05) is 0 Å². The number of piperazine rings is 1. The molecule has 0 radical (unpaired) electrons. The second-order valence-corrected chi connectivity index (χ2v) is 15.7. The summed E-state index contributed by atoms with van der Waals surface area (Å²) in [6.45, 7) is -0.873. The molecule has 11 nitrogen and oxygen atoms in total. The molecule has 44 heavy (non-hydrogen) atoms. The standard InChI is InChI=1S/C29H27ClN4O7S3/c30-22-11-13-24(14-12-22)32-42(36,37)25-17-15-23(16-18-25)31-29(35)28-21-33(43(38,39)26-7-3-1-4-8-26)19-20-34(28)44(40,41)27-9-5-2-6-10-27/h1-18,28,32H,19-21H2,(H,31,35)/t28-/m1/s1. The molecule has 1 amide bonds. The van der Waals surface area contributed by atoms with Crippen LogP contribution in [0.2, 0.25) is 5.02 Å². The maximum Gasteiger partial charge on any atom is 0.261 e. The van der Waals surface area contributed by atoms with Crippen molar-refractivity contribution in [3.63, 3.8) is 0 Å². The number of amides is 1. The molecule has 230 valence electrons. The molecule has 1 saturated heterocycles. The molecule has 15 heteroatoms. The van der Waals surface area contributed by atoms with E-state index >= 15 is 0 Å². The van der Waals surface area contributed by atoms with Crippen molar-refractivity contribution in [1.82, 2.24) is 8.61 Å². The number of sulfonamides is 3. The lowest BCUT2D eigenvalue weighted by molar-refractivity contribution is -0.120. The second kappa shape index (κ2) is 12.7. The molecule has 0 unspecified atom stereocenters. The topological polar surface area (TPSA) is 150 Å². The van der Waals surface area contributed by atoms with Gasteiger partial charge in [0.2, 0.25) is 26.0 Å². The number of benzene rings is 4. The van der Waals surface area contributed by atoms with Gasteiger partial charge >= 0.3 is 0 Å². The highest BCUT2D eigenvalue weighted by Gasteiger charge is 2.43. The summed E-state index contributed by atoms with van der Waals surface area (Å²) in [5, 5.41) is 3.06. The fraction of sp³-hybridized carbons (Fsp3) is 0.138. The maximum absolute atomic E-state index is 13.6. The van der Waals surface area contributed by atoms with E-state index in [4.69, 9.17) is 11.6 Å². The minimum Gasteiger partial charge on any atom is -0.325 e. The lowest BCUT2D eigenvalue weighted by Gasteiger charge is -2.38. The Hall–Kier alpha value is -3.79. The highest BCUT2D eigenvalue weighted by molar-refractivity contribution is 7.92. The Morgan fingerprint density at radius 2 is 1.16 bits per heavy atom. The van der Waals surface area contributed by atoms with Gasteiger partial charge in [-0.3, -0.25) is 9.52 Å². The summed E-state index contributed by atoms with van der Waals surface area (Å²) in [6.07, 6.45) is 0. The van der Waals surface area contributed by atoms with Gasteiger partial charge in [0.25, 0.3) is 10.0 Å². The zero-order chi connectivity index (χ0) is 31.5.